The Morgan fingerprint density at radius 3 is 2.57 bits per heavy atom. The smallest absolute Gasteiger partial charge is 0.397 e. The Labute approximate surface area is 77.6 Å². The van der Waals surface area contributed by atoms with Crippen LogP contribution in [0.1, 0.15) is 18.0 Å². The normalized spacial score (nSPS) is 13.9. The standard InChI is InChI=1S/C8H8F3NO2/c9-8(10,11)5(4-7(13)14)6-2-1-3-12-6/h1-3,5,12H,4H2,(H,13,14)/t5-/m1/s1. The SMILES string of the molecule is O=C(O)C[C@H](c1ccc[nH]1)C(F)(F)F. The average molecular weight is 207 g/mol. The molecule has 0 radical (unpaired) electrons. The number of halogens is 3. The minimum atomic E-state index is -4.54. The quantitative estimate of drug-likeness (QED) is 0.797. The maximum atomic E-state index is 12.4. The number of carboxylic acid groups (broad SMARTS) is 1. The largest absolute Gasteiger partial charge is 0.481 e. The van der Waals surface area contributed by atoms with E-state index in [-0.39, 0.29) is 5.69 Å². The summed E-state index contributed by atoms with van der Waals surface area (Å²) in [7, 11) is 0. The summed E-state index contributed by atoms with van der Waals surface area (Å²) < 4.78 is 37.1. The molecule has 0 saturated carbocycles. The van der Waals surface area contributed by atoms with E-state index in [0.29, 0.717) is 0 Å². The summed E-state index contributed by atoms with van der Waals surface area (Å²) in [5.74, 6) is -3.43. The number of rotatable bonds is 3. The van der Waals surface area contributed by atoms with Gasteiger partial charge in [-0.2, -0.15) is 13.2 Å². The zero-order valence-corrected chi connectivity index (χ0v) is 7.01. The molecule has 0 amide bonds. The first kappa shape index (κ1) is 10.6. The summed E-state index contributed by atoms with van der Waals surface area (Å²) in [5.41, 5.74) is -0.125. The molecule has 0 aliphatic carbocycles. The van der Waals surface area contributed by atoms with Gasteiger partial charge in [0.25, 0.3) is 0 Å². The molecule has 3 nitrogen and oxygen atoms in total. The van der Waals surface area contributed by atoms with E-state index in [4.69, 9.17) is 5.11 Å². The fraction of sp³-hybridized carbons (Fsp3) is 0.375. The van der Waals surface area contributed by atoms with Crippen molar-refractivity contribution in [2.45, 2.75) is 18.5 Å². The number of hydrogen-bond donors (Lipinski definition) is 2. The number of nitrogens with one attached hydrogen (secondary N) is 1. The highest BCUT2D eigenvalue weighted by atomic mass is 19.4. The predicted octanol–water partition coefficient (Wildman–Crippen LogP) is 2.14. The van der Waals surface area contributed by atoms with Gasteiger partial charge in [-0.3, -0.25) is 4.79 Å². The molecular formula is C8H8F3NO2. The highest BCUT2D eigenvalue weighted by Crippen LogP contribution is 2.36. The van der Waals surface area contributed by atoms with Crippen LogP contribution in [0.25, 0.3) is 0 Å². The van der Waals surface area contributed by atoms with Gasteiger partial charge in [0.15, 0.2) is 0 Å². The fourth-order valence-corrected chi connectivity index (χ4v) is 1.14. The van der Waals surface area contributed by atoms with Gasteiger partial charge < -0.3 is 10.1 Å². The summed E-state index contributed by atoms with van der Waals surface area (Å²) >= 11 is 0. The molecule has 14 heavy (non-hydrogen) atoms. The Kier molecular flexibility index (Phi) is 2.83. The minimum absolute atomic E-state index is 0.125. The van der Waals surface area contributed by atoms with Crippen LogP contribution in [0.2, 0.25) is 0 Å². The molecule has 0 bridgehead atoms. The number of hydrogen-bond acceptors (Lipinski definition) is 1. The van der Waals surface area contributed by atoms with Gasteiger partial charge in [-0.05, 0) is 12.1 Å². The van der Waals surface area contributed by atoms with Crippen LogP contribution in [0, 0.1) is 0 Å². The summed E-state index contributed by atoms with van der Waals surface area (Å²) in [4.78, 5) is 12.6. The molecule has 1 rings (SSSR count). The second kappa shape index (κ2) is 3.73. The van der Waals surface area contributed by atoms with Gasteiger partial charge in [0, 0.05) is 11.9 Å². The van der Waals surface area contributed by atoms with E-state index in [1.807, 2.05) is 0 Å². The van der Waals surface area contributed by atoms with E-state index in [0.717, 1.165) is 0 Å². The number of aromatic amines is 1. The van der Waals surface area contributed by atoms with Crippen LogP contribution in [0.15, 0.2) is 18.3 Å². The third-order valence-electron chi connectivity index (χ3n) is 1.77. The number of aromatic nitrogens is 1. The van der Waals surface area contributed by atoms with Crippen LogP contribution in [-0.4, -0.2) is 22.2 Å². The molecule has 2 N–H and O–H groups in total. The van der Waals surface area contributed by atoms with Gasteiger partial charge in [-0.25, -0.2) is 0 Å². The van der Waals surface area contributed by atoms with Crippen LogP contribution >= 0.6 is 0 Å². The van der Waals surface area contributed by atoms with Gasteiger partial charge >= 0.3 is 12.1 Å². The van der Waals surface area contributed by atoms with E-state index in [1.54, 1.807) is 0 Å². The average Bonchev–Trinajstić information content (AvgIpc) is 2.49. The zero-order chi connectivity index (χ0) is 10.8. The molecule has 1 aromatic rings. The van der Waals surface area contributed by atoms with E-state index in [9.17, 15) is 18.0 Å². The molecule has 78 valence electrons. The van der Waals surface area contributed by atoms with E-state index in [2.05, 4.69) is 4.98 Å². The third kappa shape index (κ3) is 2.51. The summed E-state index contributed by atoms with van der Waals surface area (Å²) in [6, 6.07) is 2.62. The van der Waals surface area contributed by atoms with Crippen molar-refractivity contribution in [3.8, 4) is 0 Å². The molecule has 0 saturated heterocycles. The number of alkyl halides is 3. The first-order valence-electron chi connectivity index (χ1n) is 3.83. The van der Waals surface area contributed by atoms with Crippen molar-refractivity contribution < 1.29 is 23.1 Å². The maximum Gasteiger partial charge on any atom is 0.397 e. The molecule has 1 atom stereocenters. The number of carboxylic acids is 1. The first-order chi connectivity index (χ1) is 6.41. The van der Waals surface area contributed by atoms with E-state index >= 15 is 0 Å². The van der Waals surface area contributed by atoms with Gasteiger partial charge in [0.05, 0.1) is 6.42 Å². The van der Waals surface area contributed by atoms with Crippen molar-refractivity contribution in [2.24, 2.45) is 0 Å². The predicted molar refractivity (Wildman–Crippen MR) is 41.8 cm³/mol. The van der Waals surface area contributed by atoms with Gasteiger partial charge in [-0.15, -0.1) is 0 Å². The lowest BCUT2D eigenvalue weighted by Crippen LogP contribution is -2.23. The fourth-order valence-electron chi connectivity index (χ4n) is 1.14. The number of carbonyl (C=O) groups is 1. The molecule has 6 heteroatoms. The second-order valence-corrected chi connectivity index (χ2v) is 2.82. The van der Waals surface area contributed by atoms with Crippen molar-refractivity contribution in [3.05, 3.63) is 24.0 Å². The van der Waals surface area contributed by atoms with Gasteiger partial charge in [0.2, 0.25) is 0 Å². The Bertz CT molecular complexity index is 305. The minimum Gasteiger partial charge on any atom is -0.481 e. The molecule has 0 aliphatic heterocycles. The molecule has 0 aromatic carbocycles. The molecule has 1 aromatic heterocycles. The van der Waals surface area contributed by atoms with Crippen LogP contribution in [0.3, 0.4) is 0 Å². The van der Waals surface area contributed by atoms with Crippen LogP contribution in [0.5, 0.6) is 0 Å². The van der Waals surface area contributed by atoms with Gasteiger partial charge in [0.1, 0.15) is 5.92 Å². The van der Waals surface area contributed by atoms with Crippen LogP contribution in [-0.2, 0) is 4.79 Å². The number of H-pyrrole nitrogens is 1. The van der Waals surface area contributed by atoms with Crippen molar-refractivity contribution in [1.29, 1.82) is 0 Å². The molecule has 0 fully saturated rings. The first-order valence-corrected chi connectivity index (χ1v) is 3.83. The summed E-state index contributed by atoms with van der Waals surface area (Å²) in [5, 5.41) is 8.33. The molecule has 1 heterocycles. The lowest BCUT2D eigenvalue weighted by Gasteiger charge is -2.16. The molecular weight excluding hydrogens is 199 g/mol. The molecule has 0 spiro atoms. The van der Waals surface area contributed by atoms with Gasteiger partial charge in [-0.1, -0.05) is 0 Å². The third-order valence-corrected chi connectivity index (χ3v) is 1.77. The highest BCUT2D eigenvalue weighted by molar-refractivity contribution is 5.68. The van der Waals surface area contributed by atoms with E-state index < -0.39 is 24.5 Å². The van der Waals surface area contributed by atoms with Crippen LogP contribution < -0.4 is 0 Å². The Morgan fingerprint density at radius 2 is 2.21 bits per heavy atom. The monoisotopic (exact) mass is 207 g/mol. The van der Waals surface area contributed by atoms with Crippen molar-refractivity contribution in [1.82, 2.24) is 4.98 Å². The molecule has 0 unspecified atom stereocenters. The second-order valence-electron chi connectivity index (χ2n) is 2.82. The van der Waals surface area contributed by atoms with Crippen molar-refractivity contribution in [3.63, 3.8) is 0 Å². The Balaban J connectivity index is 2.89. The Hall–Kier alpha value is -1.46. The summed E-state index contributed by atoms with van der Waals surface area (Å²) in [6.45, 7) is 0. The van der Waals surface area contributed by atoms with Crippen molar-refractivity contribution >= 4 is 5.97 Å². The Morgan fingerprint density at radius 1 is 1.57 bits per heavy atom. The van der Waals surface area contributed by atoms with Crippen LogP contribution in [0.4, 0.5) is 13.2 Å². The maximum absolute atomic E-state index is 12.4. The lowest BCUT2D eigenvalue weighted by molar-refractivity contribution is -0.163. The van der Waals surface area contributed by atoms with E-state index in [1.165, 1.54) is 18.3 Å². The van der Waals surface area contributed by atoms with Crippen molar-refractivity contribution in [2.75, 3.05) is 0 Å². The zero-order valence-electron chi connectivity index (χ0n) is 7.01. The topological polar surface area (TPSA) is 53.1 Å². The molecule has 0 aliphatic rings. The number of aliphatic carboxylic acids is 1. The summed E-state index contributed by atoms with van der Waals surface area (Å²) in [6.07, 6.45) is -4.16. The highest BCUT2D eigenvalue weighted by Gasteiger charge is 2.42. The lowest BCUT2D eigenvalue weighted by atomic mass is 10.0.